The Labute approximate surface area is 123 Å². The van der Waals surface area contributed by atoms with Gasteiger partial charge in [0.15, 0.2) is 0 Å². The summed E-state index contributed by atoms with van der Waals surface area (Å²) >= 11 is 6.25. The van der Waals surface area contributed by atoms with Crippen LogP contribution in [0.25, 0.3) is 22.2 Å². The maximum atomic E-state index is 6.25. The van der Waals surface area contributed by atoms with Gasteiger partial charge in [-0.3, -0.25) is 4.98 Å². The Morgan fingerprint density at radius 3 is 2.70 bits per heavy atom. The Hall–Kier alpha value is -2.06. The maximum absolute atomic E-state index is 6.25. The summed E-state index contributed by atoms with van der Waals surface area (Å²) in [5.74, 6) is 0. The third-order valence-electron chi connectivity index (χ3n) is 3.22. The van der Waals surface area contributed by atoms with Gasteiger partial charge in [-0.15, -0.1) is 0 Å². The van der Waals surface area contributed by atoms with Crippen molar-refractivity contribution in [2.24, 2.45) is 0 Å². The van der Waals surface area contributed by atoms with E-state index in [9.17, 15) is 0 Å². The van der Waals surface area contributed by atoms with E-state index in [2.05, 4.69) is 34.3 Å². The predicted octanol–water partition coefficient (Wildman–Crippen LogP) is 4.93. The molecule has 0 saturated heterocycles. The number of pyridine rings is 1. The van der Waals surface area contributed by atoms with Crippen LogP contribution in [0, 0.1) is 0 Å². The van der Waals surface area contributed by atoms with Crippen LogP contribution in [0.15, 0.2) is 60.9 Å². The highest BCUT2D eigenvalue weighted by molar-refractivity contribution is 6.35. The fourth-order valence-electron chi connectivity index (χ4n) is 2.33. The lowest BCUT2D eigenvalue weighted by Crippen LogP contribution is -1.96. The molecule has 0 N–H and O–H groups in total. The number of allylic oxidation sites excluding steroid dienone is 1. The second kappa shape index (κ2) is 5.14. The molecule has 0 radical (unpaired) electrons. The normalized spacial score (nSPS) is 10.9. The maximum Gasteiger partial charge on any atom is 0.107 e. The van der Waals surface area contributed by atoms with Crippen molar-refractivity contribution in [2.75, 3.05) is 0 Å². The van der Waals surface area contributed by atoms with Gasteiger partial charge in [0.25, 0.3) is 0 Å². The predicted molar refractivity (Wildman–Crippen MR) is 85.0 cm³/mol. The van der Waals surface area contributed by atoms with Gasteiger partial charge in [0.2, 0.25) is 0 Å². The topological polar surface area (TPSA) is 17.8 Å². The molecule has 0 aliphatic heterocycles. The van der Waals surface area contributed by atoms with Gasteiger partial charge in [0.05, 0.1) is 10.5 Å². The minimum absolute atomic E-state index is 0.681. The highest BCUT2D eigenvalue weighted by atomic mass is 35.5. The molecule has 2 aromatic heterocycles. The Balaban J connectivity index is 2.16. The van der Waals surface area contributed by atoms with Crippen molar-refractivity contribution in [2.45, 2.75) is 13.5 Å². The molecule has 3 rings (SSSR count). The van der Waals surface area contributed by atoms with E-state index in [0.29, 0.717) is 5.02 Å². The molecule has 3 heteroatoms. The molecule has 100 valence electrons. The summed E-state index contributed by atoms with van der Waals surface area (Å²) in [5, 5.41) is 0.681. The Morgan fingerprint density at radius 2 is 2.00 bits per heavy atom. The van der Waals surface area contributed by atoms with Crippen LogP contribution < -0.4 is 0 Å². The van der Waals surface area contributed by atoms with Crippen LogP contribution in [-0.4, -0.2) is 9.55 Å². The van der Waals surface area contributed by atoms with Gasteiger partial charge >= 0.3 is 0 Å². The standard InChI is InChI=1S/C17H15ClN2/c1-12(2)10-20-11-15(18)17-16(20)8-14(9-19-17)13-6-4-3-5-7-13/h3-9,11H,1,10H2,2H3. The van der Waals surface area contributed by atoms with Crippen LogP contribution in [0.1, 0.15) is 6.92 Å². The minimum Gasteiger partial charge on any atom is -0.341 e. The van der Waals surface area contributed by atoms with Gasteiger partial charge in [-0.2, -0.15) is 0 Å². The van der Waals surface area contributed by atoms with Gasteiger partial charge in [0, 0.05) is 24.5 Å². The van der Waals surface area contributed by atoms with Gasteiger partial charge < -0.3 is 4.57 Å². The number of fused-ring (bicyclic) bond motifs is 1. The van der Waals surface area contributed by atoms with E-state index < -0.39 is 0 Å². The number of hydrogen-bond acceptors (Lipinski definition) is 1. The molecule has 0 fully saturated rings. The van der Waals surface area contributed by atoms with Crippen LogP contribution in [0.2, 0.25) is 5.02 Å². The summed E-state index contributed by atoms with van der Waals surface area (Å²) in [6.07, 6.45) is 3.79. The summed E-state index contributed by atoms with van der Waals surface area (Å²) in [6.45, 7) is 6.72. The first-order chi connectivity index (χ1) is 9.65. The fraction of sp³-hybridized carbons (Fsp3) is 0.118. The summed E-state index contributed by atoms with van der Waals surface area (Å²) in [7, 11) is 0. The second-order valence-corrected chi connectivity index (χ2v) is 5.43. The van der Waals surface area contributed by atoms with E-state index >= 15 is 0 Å². The van der Waals surface area contributed by atoms with E-state index in [-0.39, 0.29) is 0 Å². The average molecular weight is 283 g/mol. The minimum atomic E-state index is 0.681. The molecule has 0 aliphatic carbocycles. The van der Waals surface area contributed by atoms with Crippen molar-refractivity contribution in [3.05, 3.63) is 66.0 Å². The monoisotopic (exact) mass is 282 g/mol. The number of rotatable bonds is 3. The first-order valence-electron chi connectivity index (χ1n) is 6.49. The van der Waals surface area contributed by atoms with Crippen LogP contribution in [0.3, 0.4) is 0 Å². The molecule has 0 bridgehead atoms. The first-order valence-corrected chi connectivity index (χ1v) is 6.87. The highest BCUT2D eigenvalue weighted by Crippen LogP contribution is 2.28. The lowest BCUT2D eigenvalue weighted by atomic mass is 10.1. The van der Waals surface area contributed by atoms with Crippen LogP contribution in [0.4, 0.5) is 0 Å². The molecule has 0 atom stereocenters. The molecular weight excluding hydrogens is 268 g/mol. The molecule has 0 unspecified atom stereocenters. The van der Waals surface area contributed by atoms with Crippen molar-refractivity contribution < 1.29 is 0 Å². The number of nitrogens with zero attached hydrogens (tertiary/aromatic N) is 2. The largest absolute Gasteiger partial charge is 0.341 e. The number of aromatic nitrogens is 2. The highest BCUT2D eigenvalue weighted by Gasteiger charge is 2.10. The van der Waals surface area contributed by atoms with Crippen LogP contribution in [-0.2, 0) is 6.54 Å². The Kier molecular flexibility index (Phi) is 3.33. The summed E-state index contributed by atoms with van der Waals surface area (Å²) in [4.78, 5) is 4.50. The van der Waals surface area contributed by atoms with E-state index in [0.717, 1.165) is 34.3 Å². The lowest BCUT2D eigenvalue weighted by Gasteiger charge is -2.06. The summed E-state index contributed by atoms with van der Waals surface area (Å²) < 4.78 is 2.10. The third-order valence-corrected chi connectivity index (χ3v) is 3.50. The van der Waals surface area contributed by atoms with Crippen molar-refractivity contribution >= 4 is 22.6 Å². The number of hydrogen-bond donors (Lipinski definition) is 0. The van der Waals surface area contributed by atoms with E-state index in [1.165, 1.54) is 0 Å². The zero-order valence-corrected chi connectivity index (χ0v) is 12.1. The average Bonchev–Trinajstić information content (AvgIpc) is 2.75. The van der Waals surface area contributed by atoms with Gasteiger partial charge in [-0.05, 0) is 18.6 Å². The van der Waals surface area contributed by atoms with E-state index in [1.807, 2.05) is 37.5 Å². The molecule has 2 heterocycles. The van der Waals surface area contributed by atoms with Gasteiger partial charge in [0.1, 0.15) is 5.52 Å². The zero-order chi connectivity index (χ0) is 14.1. The molecule has 0 amide bonds. The Bertz CT molecular complexity index is 772. The van der Waals surface area contributed by atoms with Crippen molar-refractivity contribution in [1.82, 2.24) is 9.55 Å². The molecule has 0 aliphatic rings. The smallest absolute Gasteiger partial charge is 0.107 e. The van der Waals surface area contributed by atoms with Gasteiger partial charge in [-0.1, -0.05) is 54.1 Å². The Morgan fingerprint density at radius 1 is 1.25 bits per heavy atom. The van der Waals surface area contributed by atoms with Crippen molar-refractivity contribution in [3.8, 4) is 11.1 Å². The summed E-state index contributed by atoms with van der Waals surface area (Å²) in [5.41, 5.74) is 5.22. The fourth-order valence-corrected chi connectivity index (χ4v) is 2.60. The SMILES string of the molecule is C=C(C)Cn1cc(Cl)c2ncc(-c3ccccc3)cc21. The molecule has 0 saturated carbocycles. The molecular formula is C17H15ClN2. The van der Waals surface area contributed by atoms with E-state index in [4.69, 9.17) is 11.6 Å². The van der Waals surface area contributed by atoms with Crippen molar-refractivity contribution in [3.63, 3.8) is 0 Å². The molecule has 20 heavy (non-hydrogen) atoms. The first kappa shape index (κ1) is 12.9. The quantitative estimate of drug-likeness (QED) is 0.623. The second-order valence-electron chi connectivity index (χ2n) is 5.02. The number of benzene rings is 1. The third kappa shape index (κ3) is 2.35. The summed E-state index contributed by atoms with van der Waals surface area (Å²) in [6, 6.07) is 12.4. The lowest BCUT2D eigenvalue weighted by molar-refractivity contribution is 0.822. The molecule has 1 aromatic carbocycles. The number of halogens is 1. The van der Waals surface area contributed by atoms with Gasteiger partial charge in [-0.25, -0.2) is 0 Å². The zero-order valence-electron chi connectivity index (χ0n) is 11.3. The van der Waals surface area contributed by atoms with Crippen LogP contribution >= 0.6 is 11.6 Å². The molecule has 3 aromatic rings. The van der Waals surface area contributed by atoms with Crippen LogP contribution in [0.5, 0.6) is 0 Å². The molecule has 0 spiro atoms. The van der Waals surface area contributed by atoms with Crippen molar-refractivity contribution in [1.29, 1.82) is 0 Å². The van der Waals surface area contributed by atoms with E-state index in [1.54, 1.807) is 0 Å². The molecule has 2 nitrogen and oxygen atoms in total.